The van der Waals surface area contributed by atoms with E-state index in [1.807, 2.05) is 20.0 Å². The maximum Gasteiger partial charge on any atom is 0.437 e. The van der Waals surface area contributed by atoms with Crippen molar-refractivity contribution in [3.63, 3.8) is 0 Å². The fourth-order valence-electron chi connectivity index (χ4n) is 8.05. The van der Waals surface area contributed by atoms with E-state index in [2.05, 4.69) is 20.2 Å². The SMILES string of the molecule is COCCn1cc2cc(CC(=O)c3oc(N4CCCC(C)C4)nc3C(F)(F)F)ccc2n1.COCCn1ncc2cc(CC(=O)c3oc(N4CCCC(C)C4)nc3C(F)(F)F)ccc21. The Balaban J connectivity index is 0.000000191. The molecule has 2 aliphatic rings. The minimum atomic E-state index is -4.78. The molecule has 2 aromatic carbocycles. The van der Waals surface area contributed by atoms with E-state index >= 15 is 0 Å². The number of carbonyl (C=O) groups is 2. The van der Waals surface area contributed by atoms with Gasteiger partial charge in [-0.05, 0) is 72.9 Å². The highest BCUT2D eigenvalue weighted by Crippen LogP contribution is 2.37. The highest BCUT2D eigenvalue weighted by atomic mass is 19.4. The first-order valence-electron chi connectivity index (χ1n) is 21.1. The lowest BCUT2D eigenvalue weighted by Gasteiger charge is -2.29. The molecule has 6 aromatic rings. The molecule has 14 nitrogen and oxygen atoms in total. The van der Waals surface area contributed by atoms with E-state index in [-0.39, 0.29) is 24.9 Å². The number of halogens is 6. The summed E-state index contributed by atoms with van der Waals surface area (Å²) >= 11 is 0. The molecule has 0 aliphatic carbocycles. The topological polar surface area (TPSA) is 147 Å². The molecule has 344 valence electrons. The van der Waals surface area contributed by atoms with Crippen molar-refractivity contribution in [3.05, 3.63) is 82.8 Å². The highest BCUT2D eigenvalue weighted by molar-refractivity contribution is 5.97. The Hall–Kier alpha value is -5.76. The fraction of sp³-hybridized carbons (Fsp3) is 0.500. The standard InChI is InChI=1S/2C22H25F3N4O3/c1-14-4-3-7-28(13-14)21-27-20(22(23,24)25)19(32-21)18(30)11-15-5-6-17-16(10-15)12-26-29(17)8-9-31-2;1-14-4-3-7-28(12-14)21-26-20(22(23,24)25)19(32-21)18(30)11-15-5-6-17-16(10-15)13-29(27-17)8-9-31-2/h5-6,10,12,14H,3-4,7-9,11,13H2,1-2H3;5-6,10,13-14H,3-4,7-9,11-12H2,1-2H3. The van der Waals surface area contributed by atoms with Crippen LogP contribution in [0.2, 0.25) is 0 Å². The molecule has 20 heteroatoms. The van der Waals surface area contributed by atoms with E-state index in [0.717, 1.165) is 47.5 Å². The van der Waals surface area contributed by atoms with Gasteiger partial charge in [0.15, 0.2) is 11.4 Å². The summed E-state index contributed by atoms with van der Waals surface area (Å²) in [7, 11) is 3.20. The number of hydrogen-bond donors (Lipinski definition) is 0. The molecule has 8 rings (SSSR count). The van der Waals surface area contributed by atoms with Crippen LogP contribution in [0.25, 0.3) is 21.8 Å². The molecule has 0 amide bonds. The van der Waals surface area contributed by atoms with E-state index in [9.17, 15) is 35.9 Å². The van der Waals surface area contributed by atoms with E-state index in [0.29, 0.717) is 75.4 Å². The van der Waals surface area contributed by atoms with Crippen molar-refractivity contribution in [1.29, 1.82) is 0 Å². The summed E-state index contributed by atoms with van der Waals surface area (Å²) < 4.78 is 106. The average molecular weight is 901 g/mol. The molecule has 6 heterocycles. The molecule has 64 heavy (non-hydrogen) atoms. The smallest absolute Gasteiger partial charge is 0.420 e. The number of hydrogen-bond acceptors (Lipinski definition) is 12. The summed E-state index contributed by atoms with van der Waals surface area (Å²) in [5, 5.41) is 10.3. The average Bonchev–Trinajstić information content (AvgIpc) is 4.07. The maximum atomic E-state index is 13.6. The summed E-state index contributed by atoms with van der Waals surface area (Å²) in [6, 6.07) is 10.2. The van der Waals surface area contributed by atoms with Crippen LogP contribution in [0.15, 0.2) is 57.6 Å². The Bertz CT molecular complexity index is 2460. The van der Waals surface area contributed by atoms with Gasteiger partial charge in [0.2, 0.25) is 23.1 Å². The van der Waals surface area contributed by atoms with Gasteiger partial charge < -0.3 is 28.1 Å². The number of carbonyl (C=O) groups excluding carboxylic acids is 2. The van der Waals surface area contributed by atoms with Gasteiger partial charge in [0.1, 0.15) is 0 Å². The third-order valence-corrected chi connectivity index (χ3v) is 11.2. The number of ketones is 2. The van der Waals surface area contributed by atoms with Gasteiger partial charge >= 0.3 is 12.4 Å². The summed E-state index contributed by atoms with van der Waals surface area (Å²) in [5.74, 6) is -2.34. The van der Waals surface area contributed by atoms with Gasteiger partial charge in [-0.15, -0.1) is 0 Å². The van der Waals surface area contributed by atoms with E-state index in [1.165, 1.54) is 0 Å². The number of piperidine rings is 2. The number of nitrogens with zero attached hydrogens (tertiary/aromatic N) is 8. The zero-order valence-electron chi connectivity index (χ0n) is 36.0. The number of oxazole rings is 2. The van der Waals surface area contributed by atoms with Crippen molar-refractivity contribution >= 4 is 45.4 Å². The minimum absolute atomic E-state index is 0.137. The second-order valence-corrected chi connectivity index (χ2v) is 16.5. The molecule has 2 aliphatic heterocycles. The van der Waals surface area contributed by atoms with Gasteiger partial charge in [-0.25, -0.2) is 0 Å². The van der Waals surface area contributed by atoms with Crippen LogP contribution in [0.1, 0.15) is 83.2 Å². The Morgan fingerprint density at radius 2 is 1.25 bits per heavy atom. The van der Waals surface area contributed by atoms with Gasteiger partial charge in [-0.2, -0.15) is 46.5 Å². The molecule has 0 radical (unpaired) electrons. The maximum absolute atomic E-state index is 13.6. The first kappa shape index (κ1) is 46.2. The number of rotatable bonds is 14. The Morgan fingerprint density at radius 1 is 0.734 bits per heavy atom. The van der Waals surface area contributed by atoms with Crippen LogP contribution in [0.4, 0.5) is 38.4 Å². The predicted molar refractivity (Wildman–Crippen MR) is 224 cm³/mol. The lowest BCUT2D eigenvalue weighted by molar-refractivity contribution is -0.142. The van der Waals surface area contributed by atoms with Gasteiger partial charge in [0.05, 0.1) is 43.5 Å². The van der Waals surface area contributed by atoms with E-state index in [4.69, 9.17) is 18.3 Å². The van der Waals surface area contributed by atoms with E-state index in [1.54, 1.807) is 76.0 Å². The highest BCUT2D eigenvalue weighted by Gasteiger charge is 2.43. The predicted octanol–water partition coefficient (Wildman–Crippen LogP) is 8.70. The van der Waals surface area contributed by atoms with Crippen molar-refractivity contribution in [2.24, 2.45) is 11.8 Å². The number of methoxy groups -OCH3 is 2. The van der Waals surface area contributed by atoms with Crippen molar-refractivity contribution < 1.29 is 54.2 Å². The minimum Gasteiger partial charge on any atom is -0.420 e. The molecule has 2 atom stereocenters. The van der Waals surface area contributed by atoms with Crippen LogP contribution in [-0.4, -0.2) is 94.7 Å². The summed E-state index contributed by atoms with van der Waals surface area (Å²) in [6.07, 6.45) is -2.86. The van der Waals surface area contributed by atoms with Crippen LogP contribution in [0.3, 0.4) is 0 Å². The number of ether oxygens (including phenoxy) is 2. The molecule has 4 aromatic heterocycles. The zero-order chi connectivity index (χ0) is 45.8. The largest absolute Gasteiger partial charge is 0.437 e. The first-order valence-corrected chi connectivity index (χ1v) is 21.1. The molecular weight excluding hydrogens is 851 g/mol. The number of Topliss-reactive ketones (excluding diaryl/α,β-unsaturated/α-hetero) is 2. The quantitative estimate of drug-likeness (QED) is 0.0761. The normalized spacial score (nSPS) is 17.3. The molecule has 2 unspecified atom stereocenters. The van der Waals surface area contributed by atoms with Crippen molar-refractivity contribution in [2.45, 2.75) is 77.8 Å². The molecule has 2 saturated heterocycles. The first-order chi connectivity index (χ1) is 30.5. The molecule has 2 fully saturated rings. The van der Waals surface area contributed by atoms with Crippen molar-refractivity contribution in [1.82, 2.24) is 29.5 Å². The second-order valence-electron chi connectivity index (χ2n) is 16.5. The lowest BCUT2D eigenvalue weighted by atomic mass is 10.0. The van der Waals surface area contributed by atoms with Gasteiger partial charge in [-0.1, -0.05) is 26.0 Å². The van der Waals surface area contributed by atoms with Crippen LogP contribution in [0.5, 0.6) is 0 Å². The Labute approximate surface area is 364 Å². The zero-order valence-corrected chi connectivity index (χ0v) is 36.0. The van der Waals surface area contributed by atoms with Crippen LogP contribution in [-0.2, 0) is 47.8 Å². The molecule has 0 spiro atoms. The third-order valence-electron chi connectivity index (χ3n) is 11.2. The number of aromatic nitrogens is 6. The van der Waals surface area contributed by atoms with Gasteiger partial charge in [-0.3, -0.25) is 19.0 Å². The molecule has 0 saturated carbocycles. The summed E-state index contributed by atoms with van der Waals surface area (Å²) in [4.78, 5) is 36.4. The number of anilines is 2. The summed E-state index contributed by atoms with van der Waals surface area (Å²) in [6.45, 7) is 8.42. The van der Waals surface area contributed by atoms with Crippen molar-refractivity contribution in [2.75, 3.05) is 63.4 Å². The lowest BCUT2D eigenvalue weighted by Crippen LogP contribution is -2.34. The molecule has 0 N–H and O–H groups in total. The Morgan fingerprint density at radius 3 is 1.77 bits per heavy atom. The molecular formula is C44H50F6N8O6. The van der Waals surface area contributed by atoms with Crippen LogP contribution >= 0.6 is 0 Å². The summed E-state index contributed by atoms with van der Waals surface area (Å²) in [5.41, 5.74) is 0.219. The number of benzene rings is 2. The van der Waals surface area contributed by atoms with Crippen LogP contribution in [0, 0.1) is 11.8 Å². The monoisotopic (exact) mass is 900 g/mol. The van der Waals surface area contributed by atoms with Crippen molar-refractivity contribution in [3.8, 4) is 0 Å². The number of alkyl halides is 6. The Kier molecular flexibility index (Phi) is 14.1. The number of fused-ring (bicyclic) bond motifs is 2. The van der Waals surface area contributed by atoms with E-state index < -0.39 is 46.8 Å². The molecule has 0 bridgehead atoms. The van der Waals surface area contributed by atoms with Gasteiger partial charge in [0.25, 0.3) is 12.0 Å². The second kappa shape index (κ2) is 19.5. The third kappa shape index (κ3) is 10.9. The fourth-order valence-corrected chi connectivity index (χ4v) is 8.05. The van der Waals surface area contributed by atoms with Gasteiger partial charge in [0, 0.05) is 70.2 Å². The van der Waals surface area contributed by atoms with Crippen LogP contribution < -0.4 is 9.80 Å².